The fourth-order valence-corrected chi connectivity index (χ4v) is 2.23. The van der Waals surface area contributed by atoms with E-state index in [-0.39, 0.29) is 6.10 Å². The third kappa shape index (κ3) is 4.94. The van der Waals surface area contributed by atoms with Crippen LogP contribution in [-0.2, 0) is 4.74 Å². The molecule has 0 spiro atoms. The summed E-state index contributed by atoms with van der Waals surface area (Å²) in [4.78, 5) is 8.48. The molecule has 0 unspecified atom stereocenters. The monoisotopic (exact) mass is 281 g/mol. The molecule has 6 heteroatoms. The van der Waals surface area contributed by atoms with Crippen LogP contribution >= 0.6 is 0 Å². The van der Waals surface area contributed by atoms with Gasteiger partial charge in [-0.1, -0.05) is 0 Å². The van der Waals surface area contributed by atoms with E-state index >= 15 is 0 Å². The van der Waals surface area contributed by atoms with Crippen LogP contribution in [0.2, 0.25) is 0 Å². The van der Waals surface area contributed by atoms with E-state index in [2.05, 4.69) is 15.3 Å². The summed E-state index contributed by atoms with van der Waals surface area (Å²) in [6.45, 7) is 3.72. The largest absolute Gasteiger partial charge is 0.488 e. The van der Waals surface area contributed by atoms with Gasteiger partial charge in [0.05, 0.1) is 25.1 Å². The minimum Gasteiger partial charge on any atom is -0.488 e. The smallest absolute Gasteiger partial charge is 0.223 e. The molecule has 112 valence electrons. The Kier molecular flexibility index (Phi) is 6.01. The predicted molar refractivity (Wildman–Crippen MR) is 75.9 cm³/mol. The Labute approximate surface area is 119 Å². The zero-order valence-corrected chi connectivity index (χ0v) is 11.9. The molecule has 1 aliphatic rings. The van der Waals surface area contributed by atoms with E-state index in [4.69, 9.17) is 9.47 Å². The van der Waals surface area contributed by atoms with Crippen molar-refractivity contribution in [2.45, 2.75) is 44.8 Å². The topological polar surface area (TPSA) is 76.5 Å². The van der Waals surface area contributed by atoms with Crippen LogP contribution < -0.4 is 10.1 Å². The molecule has 0 aliphatic heterocycles. The Morgan fingerprint density at radius 2 is 1.90 bits per heavy atom. The number of hydrogen-bond donors (Lipinski definition) is 2. The first-order chi connectivity index (χ1) is 9.78. The van der Waals surface area contributed by atoms with Gasteiger partial charge in [0, 0.05) is 12.6 Å². The van der Waals surface area contributed by atoms with Gasteiger partial charge in [-0.2, -0.15) is 0 Å². The number of aromatic nitrogens is 2. The Balaban J connectivity index is 1.73. The Morgan fingerprint density at radius 1 is 1.20 bits per heavy atom. The van der Waals surface area contributed by atoms with Crippen molar-refractivity contribution in [1.29, 1.82) is 0 Å². The summed E-state index contributed by atoms with van der Waals surface area (Å²) in [7, 11) is 0. The first-order valence-corrected chi connectivity index (χ1v) is 7.25. The highest BCUT2D eigenvalue weighted by Gasteiger charge is 2.19. The van der Waals surface area contributed by atoms with Gasteiger partial charge in [-0.3, -0.25) is 0 Å². The minimum absolute atomic E-state index is 0.143. The van der Waals surface area contributed by atoms with Gasteiger partial charge >= 0.3 is 0 Å². The third-order valence-corrected chi connectivity index (χ3v) is 3.36. The Hall–Kier alpha value is -1.40. The van der Waals surface area contributed by atoms with Crippen LogP contribution in [0.5, 0.6) is 5.75 Å². The van der Waals surface area contributed by atoms with E-state index in [0.29, 0.717) is 37.6 Å². The highest BCUT2D eigenvalue weighted by atomic mass is 16.5. The summed E-state index contributed by atoms with van der Waals surface area (Å²) in [5.74, 6) is 1.26. The van der Waals surface area contributed by atoms with E-state index in [0.717, 1.165) is 25.7 Å². The number of hydrogen-bond acceptors (Lipinski definition) is 6. The average molecular weight is 281 g/mol. The molecule has 0 aromatic carbocycles. The van der Waals surface area contributed by atoms with E-state index in [9.17, 15) is 5.11 Å². The highest BCUT2D eigenvalue weighted by molar-refractivity contribution is 5.28. The van der Waals surface area contributed by atoms with Crippen LogP contribution in [-0.4, -0.2) is 47.0 Å². The van der Waals surface area contributed by atoms with Crippen molar-refractivity contribution in [3.8, 4) is 5.75 Å². The van der Waals surface area contributed by atoms with Crippen LogP contribution in [0.15, 0.2) is 12.4 Å². The van der Waals surface area contributed by atoms with Crippen LogP contribution in [0.3, 0.4) is 0 Å². The molecule has 1 aromatic heterocycles. The molecule has 1 aromatic rings. The second kappa shape index (κ2) is 8.01. The van der Waals surface area contributed by atoms with Gasteiger partial charge in [-0.05, 0) is 32.6 Å². The molecule has 0 bridgehead atoms. The number of aliphatic hydroxyl groups excluding tert-OH is 1. The Morgan fingerprint density at radius 3 is 2.55 bits per heavy atom. The van der Waals surface area contributed by atoms with Gasteiger partial charge in [0.15, 0.2) is 5.75 Å². The first-order valence-electron chi connectivity index (χ1n) is 7.25. The molecule has 6 nitrogen and oxygen atoms in total. The highest BCUT2D eigenvalue weighted by Crippen LogP contribution is 2.21. The number of anilines is 1. The van der Waals surface area contributed by atoms with Gasteiger partial charge in [0.25, 0.3) is 0 Å². The summed E-state index contributed by atoms with van der Waals surface area (Å²) in [6.07, 6.45) is 6.79. The lowest BCUT2D eigenvalue weighted by molar-refractivity contribution is 0.110. The maximum Gasteiger partial charge on any atom is 0.223 e. The molecule has 1 fully saturated rings. The summed E-state index contributed by atoms with van der Waals surface area (Å²) >= 11 is 0. The first kappa shape index (κ1) is 15.0. The molecule has 1 heterocycles. The number of nitrogens with one attached hydrogen (secondary N) is 1. The van der Waals surface area contributed by atoms with Crippen molar-refractivity contribution in [2.75, 3.05) is 25.1 Å². The van der Waals surface area contributed by atoms with Crippen LogP contribution in [0.1, 0.15) is 32.6 Å². The summed E-state index contributed by atoms with van der Waals surface area (Å²) < 4.78 is 10.6. The number of aliphatic hydroxyl groups is 1. The van der Waals surface area contributed by atoms with Gasteiger partial charge in [0.1, 0.15) is 6.61 Å². The van der Waals surface area contributed by atoms with Crippen molar-refractivity contribution in [3.63, 3.8) is 0 Å². The van der Waals surface area contributed by atoms with E-state index in [1.165, 1.54) is 0 Å². The molecule has 0 saturated heterocycles. The SMILES string of the molecule is CCOCCOc1cnc(NC2CCC(O)CC2)nc1. The minimum atomic E-state index is -0.143. The molecular weight excluding hydrogens is 258 g/mol. The molecule has 20 heavy (non-hydrogen) atoms. The summed E-state index contributed by atoms with van der Waals surface area (Å²) in [5.41, 5.74) is 0. The fourth-order valence-electron chi connectivity index (χ4n) is 2.23. The molecule has 2 rings (SSSR count). The van der Waals surface area contributed by atoms with Crippen LogP contribution in [0.4, 0.5) is 5.95 Å². The summed E-state index contributed by atoms with van der Waals surface area (Å²) in [5, 5.41) is 12.8. The Bertz CT molecular complexity index is 378. The van der Waals surface area contributed by atoms with E-state index in [1.807, 2.05) is 6.92 Å². The van der Waals surface area contributed by atoms with Gasteiger partial charge in [-0.15, -0.1) is 0 Å². The van der Waals surface area contributed by atoms with Crippen LogP contribution in [0, 0.1) is 0 Å². The van der Waals surface area contributed by atoms with Gasteiger partial charge in [0.2, 0.25) is 5.95 Å². The second-order valence-corrected chi connectivity index (χ2v) is 4.94. The number of ether oxygens (including phenoxy) is 2. The zero-order valence-electron chi connectivity index (χ0n) is 11.9. The maximum atomic E-state index is 9.46. The molecule has 0 radical (unpaired) electrons. The predicted octanol–water partition coefficient (Wildman–Crippen LogP) is 1.61. The fraction of sp³-hybridized carbons (Fsp3) is 0.714. The lowest BCUT2D eigenvalue weighted by Gasteiger charge is -2.26. The van der Waals surface area contributed by atoms with E-state index in [1.54, 1.807) is 12.4 Å². The molecule has 1 aliphatic carbocycles. The zero-order chi connectivity index (χ0) is 14.2. The third-order valence-electron chi connectivity index (χ3n) is 3.36. The molecule has 0 amide bonds. The average Bonchev–Trinajstić information content (AvgIpc) is 2.48. The summed E-state index contributed by atoms with van der Waals surface area (Å²) in [6, 6.07) is 0.350. The quantitative estimate of drug-likeness (QED) is 0.739. The lowest BCUT2D eigenvalue weighted by atomic mass is 9.93. The standard InChI is InChI=1S/C14H23N3O3/c1-2-19-7-8-20-13-9-15-14(16-10-13)17-11-3-5-12(18)6-4-11/h9-12,18H,2-8H2,1H3,(H,15,16,17). The molecule has 1 saturated carbocycles. The molecule has 0 atom stereocenters. The maximum absolute atomic E-state index is 9.46. The molecule has 2 N–H and O–H groups in total. The van der Waals surface area contributed by atoms with Crippen molar-refractivity contribution in [3.05, 3.63) is 12.4 Å². The van der Waals surface area contributed by atoms with Crippen molar-refractivity contribution in [1.82, 2.24) is 9.97 Å². The van der Waals surface area contributed by atoms with E-state index < -0.39 is 0 Å². The van der Waals surface area contributed by atoms with Crippen molar-refractivity contribution >= 4 is 5.95 Å². The normalized spacial score (nSPS) is 22.5. The van der Waals surface area contributed by atoms with Gasteiger partial charge in [-0.25, -0.2) is 9.97 Å². The number of nitrogens with zero attached hydrogens (tertiary/aromatic N) is 2. The second-order valence-electron chi connectivity index (χ2n) is 4.94. The molecular formula is C14H23N3O3. The lowest BCUT2D eigenvalue weighted by Crippen LogP contribution is -2.28. The van der Waals surface area contributed by atoms with Crippen molar-refractivity contribution in [2.24, 2.45) is 0 Å². The van der Waals surface area contributed by atoms with Gasteiger partial charge < -0.3 is 19.9 Å². The van der Waals surface area contributed by atoms with Crippen LogP contribution in [0.25, 0.3) is 0 Å². The number of rotatable bonds is 7. The van der Waals surface area contributed by atoms with Crippen molar-refractivity contribution < 1.29 is 14.6 Å².